The summed E-state index contributed by atoms with van der Waals surface area (Å²) in [4.78, 5) is 2.46. The number of nitrogens with one attached hydrogen (secondary N) is 1. The molecule has 0 spiro atoms. The van der Waals surface area contributed by atoms with Crippen LogP contribution in [0.5, 0.6) is 0 Å². The van der Waals surface area contributed by atoms with E-state index < -0.39 is 0 Å². The average Bonchev–Trinajstić information content (AvgIpc) is 3.03. The molecule has 0 radical (unpaired) electrons. The lowest BCUT2D eigenvalue weighted by molar-refractivity contribution is 0.290. The molecule has 0 amide bonds. The number of hydrogen-bond acceptors (Lipinski definition) is 4. The van der Waals surface area contributed by atoms with E-state index in [1.807, 2.05) is 6.07 Å². The van der Waals surface area contributed by atoms with E-state index in [4.69, 9.17) is 0 Å². The standard InChI is InChI=1S/C19H26N4/c1-3-9-16-14-17(20-18-12-8-13-23(18)4-2)21-22-19(16)15-10-6-5-7-11-15/h5-7,10-11,14,18H,3-4,8-9,12-13H2,1-2H3,(H,20,21)/t18-/m0/s1. The summed E-state index contributed by atoms with van der Waals surface area (Å²) in [5.41, 5.74) is 3.43. The van der Waals surface area contributed by atoms with Crippen molar-refractivity contribution in [1.82, 2.24) is 15.1 Å². The summed E-state index contributed by atoms with van der Waals surface area (Å²) in [6.45, 7) is 6.67. The molecular weight excluding hydrogens is 284 g/mol. The van der Waals surface area contributed by atoms with E-state index in [1.165, 1.54) is 24.9 Å². The Morgan fingerprint density at radius 3 is 2.74 bits per heavy atom. The number of aromatic nitrogens is 2. The Bertz CT molecular complexity index is 627. The van der Waals surface area contributed by atoms with Gasteiger partial charge in [-0.15, -0.1) is 10.2 Å². The zero-order chi connectivity index (χ0) is 16.1. The van der Waals surface area contributed by atoms with Gasteiger partial charge >= 0.3 is 0 Å². The molecule has 1 aliphatic rings. The molecule has 0 aliphatic carbocycles. The maximum Gasteiger partial charge on any atom is 0.150 e. The normalized spacial score (nSPS) is 18.3. The maximum absolute atomic E-state index is 4.53. The molecule has 23 heavy (non-hydrogen) atoms. The molecule has 1 N–H and O–H groups in total. The minimum atomic E-state index is 0.395. The topological polar surface area (TPSA) is 41.0 Å². The number of likely N-dealkylation sites (tertiary alicyclic amines) is 1. The predicted octanol–water partition coefficient (Wildman–Crippen LogP) is 3.95. The van der Waals surface area contributed by atoms with Crippen LogP contribution in [0.4, 0.5) is 5.82 Å². The molecule has 1 aromatic heterocycles. The summed E-state index contributed by atoms with van der Waals surface area (Å²) in [6, 6.07) is 12.5. The van der Waals surface area contributed by atoms with Crippen LogP contribution in [0.3, 0.4) is 0 Å². The molecule has 1 fully saturated rings. The Kier molecular flexibility index (Phi) is 5.23. The highest BCUT2D eigenvalue weighted by Crippen LogP contribution is 2.25. The van der Waals surface area contributed by atoms with Crippen LogP contribution in [0.25, 0.3) is 11.3 Å². The molecule has 1 saturated heterocycles. The summed E-state index contributed by atoms with van der Waals surface area (Å²) < 4.78 is 0. The third kappa shape index (κ3) is 3.70. The Hall–Kier alpha value is -1.94. The van der Waals surface area contributed by atoms with Crippen LogP contribution in [0.2, 0.25) is 0 Å². The first-order valence-electron chi connectivity index (χ1n) is 8.74. The maximum atomic E-state index is 4.53. The van der Waals surface area contributed by atoms with Gasteiger partial charge in [-0.2, -0.15) is 0 Å². The van der Waals surface area contributed by atoms with E-state index in [2.05, 4.69) is 64.6 Å². The summed E-state index contributed by atoms with van der Waals surface area (Å²) in [5, 5.41) is 12.5. The number of nitrogens with zero attached hydrogens (tertiary/aromatic N) is 3. The molecule has 0 saturated carbocycles. The van der Waals surface area contributed by atoms with Crippen molar-refractivity contribution in [2.75, 3.05) is 18.4 Å². The van der Waals surface area contributed by atoms with Crippen LogP contribution < -0.4 is 5.32 Å². The van der Waals surface area contributed by atoms with Gasteiger partial charge in [0.2, 0.25) is 0 Å². The number of aryl methyl sites for hydroxylation is 1. The molecule has 0 bridgehead atoms. The lowest BCUT2D eigenvalue weighted by atomic mass is 10.0. The fourth-order valence-corrected chi connectivity index (χ4v) is 3.34. The summed E-state index contributed by atoms with van der Waals surface area (Å²) >= 11 is 0. The second-order valence-corrected chi connectivity index (χ2v) is 6.15. The van der Waals surface area contributed by atoms with E-state index in [-0.39, 0.29) is 0 Å². The largest absolute Gasteiger partial charge is 0.353 e. The highest BCUT2D eigenvalue weighted by Gasteiger charge is 2.23. The van der Waals surface area contributed by atoms with Crippen LogP contribution in [0.1, 0.15) is 38.7 Å². The third-order valence-electron chi connectivity index (χ3n) is 4.52. The first kappa shape index (κ1) is 15.9. The van der Waals surface area contributed by atoms with Gasteiger partial charge in [0.25, 0.3) is 0 Å². The van der Waals surface area contributed by atoms with Crippen molar-refractivity contribution in [1.29, 1.82) is 0 Å². The van der Waals surface area contributed by atoms with Gasteiger partial charge in [-0.05, 0) is 37.4 Å². The van der Waals surface area contributed by atoms with Crippen LogP contribution in [0.15, 0.2) is 36.4 Å². The molecule has 4 heteroatoms. The van der Waals surface area contributed by atoms with Gasteiger partial charge in [0, 0.05) is 12.1 Å². The molecular formula is C19H26N4. The zero-order valence-electron chi connectivity index (χ0n) is 14.1. The van der Waals surface area contributed by atoms with E-state index >= 15 is 0 Å². The molecule has 1 atom stereocenters. The minimum absolute atomic E-state index is 0.395. The average molecular weight is 310 g/mol. The number of hydrogen-bond donors (Lipinski definition) is 1. The second kappa shape index (κ2) is 7.55. The van der Waals surface area contributed by atoms with Crippen molar-refractivity contribution in [3.05, 3.63) is 42.0 Å². The van der Waals surface area contributed by atoms with Crippen LogP contribution >= 0.6 is 0 Å². The summed E-state index contributed by atoms with van der Waals surface area (Å²) in [7, 11) is 0. The van der Waals surface area contributed by atoms with E-state index in [1.54, 1.807) is 0 Å². The summed E-state index contributed by atoms with van der Waals surface area (Å²) in [6.07, 6.45) is 4.96. The highest BCUT2D eigenvalue weighted by atomic mass is 15.3. The van der Waals surface area contributed by atoms with Crippen molar-refractivity contribution < 1.29 is 0 Å². The molecule has 3 rings (SSSR count). The first-order chi connectivity index (χ1) is 11.3. The molecule has 2 aromatic rings. The molecule has 0 unspecified atom stereocenters. The Labute approximate surface area is 138 Å². The predicted molar refractivity (Wildman–Crippen MR) is 95.4 cm³/mol. The third-order valence-corrected chi connectivity index (χ3v) is 4.52. The fourth-order valence-electron chi connectivity index (χ4n) is 3.34. The van der Waals surface area contributed by atoms with Gasteiger partial charge in [0.1, 0.15) is 5.82 Å². The van der Waals surface area contributed by atoms with Gasteiger partial charge in [-0.1, -0.05) is 50.6 Å². The van der Waals surface area contributed by atoms with E-state index in [0.717, 1.165) is 36.5 Å². The molecule has 1 aromatic carbocycles. The molecule has 2 heterocycles. The summed E-state index contributed by atoms with van der Waals surface area (Å²) in [5.74, 6) is 0.901. The van der Waals surface area contributed by atoms with Crippen molar-refractivity contribution >= 4 is 5.82 Å². The zero-order valence-corrected chi connectivity index (χ0v) is 14.1. The van der Waals surface area contributed by atoms with Crippen LogP contribution in [0, 0.1) is 0 Å². The quantitative estimate of drug-likeness (QED) is 0.877. The van der Waals surface area contributed by atoms with Gasteiger partial charge < -0.3 is 5.32 Å². The first-order valence-corrected chi connectivity index (χ1v) is 8.74. The number of benzene rings is 1. The van der Waals surface area contributed by atoms with E-state index in [0.29, 0.717) is 6.17 Å². The second-order valence-electron chi connectivity index (χ2n) is 6.15. The SMILES string of the molecule is CCCc1cc(N[C@@H]2CCCN2CC)nnc1-c1ccccc1. The van der Waals surface area contributed by atoms with Crippen molar-refractivity contribution in [3.8, 4) is 11.3 Å². The monoisotopic (exact) mass is 310 g/mol. The van der Waals surface area contributed by atoms with Crippen molar-refractivity contribution in [2.24, 2.45) is 0 Å². The van der Waals surface area contributed by atoms with Crippen molar-refractivity contribution in [2.45, 2.75) is 45.7 Å². The molecule has 122 valence electrons. The van der Waals surface area contributed by atoms with Gasteiger partial charge in [0.15, 0.2) is 0 Å². The number of rotatable bonds is 6. The Balaban J connectivity index is 1.84. The van der Waals surface area contributed by atoms with Gasteiger partial charge in [0.05, 0.1) is 11.9 Å². The smallest absolute Gasteiger partial charge is 0.150 e. The van der Waals surface area contributed by atoms with Gasteiger partial charge in [-0.25, -0.2) is 0 Å². The lowest BCUT2D eigenvalue weighted by Gasteiger charge is -2.24. The Morgan fingerprint density at radius 1 is 1.17 bits per heavy atom. The Morgan fingerprint density at radius 2 is 2.00 bits per heavy atom. The molecule has 1 aliphatic heterocycles. The van der Waals surface area contributed by atoms with Gasteiger partial charge in [-0.3, -0.25) is 4.90 Å². The fraction of sp³-hybridized carbons (Fsp3) is 0.474. The molecule has 4 nitrogen and oxygen atoms in total. The van der Waals surface area contributed by atoms with Crippen LogP contribution in [-0.2, 0) is 6.42 Å². The lowest BCUT2D eigenvalue weighted by Crippen LogP contribution is -2.35. The van der Waals surface area contributed by atoms with Crippen molar-refractivity contribution in [3.63, 3.8) is 0 Å². The van der Waals surface area contributed by atoms with E-state index in [9.17, 15) is 0 Å². The number of anilines is 1. The minimum Gasteiger partial charge on any atom is -0.353 e. The van der Waals surface area contributed by atoms with Crippen LogP contribution in [-0.4, -0.2) is 34.4 Å². The highest BCUT2D eigenvalue weighted by molar-refractivity contribution is 5.64.